The number of aromatic hydroxyl groups is 1. The molecule has 3 aromatic carbocycles. The Hall–Kier alpha value is -5.18. The third kappa shape index (κ3) is 3.95. The molecule has 1 unspecified atom stereocenters. The van der Waals surface area contributed by atoms with Gasteiger partial charge >= 0.3 is 11.7 Å². The molecule has 2 aromatic heterocycles. The van der Waals surface area contributed by atoms with E-state index in [4.69, 9.17) is 4.74 Å². The first-order valence-electron chi connectivity index (χ1n) is 12.6. The van der Waals surface area contributed by atoms with Crippen molar-refractivity contribution < 1.29 is 14.6 Å². The molecule has 2 N–H and O–H groups in total. The van der Waals surface area contributed by atoms with Crippen LogP contribution in [0.5, 0.6) is 5.75 Å². The van der Waals surface area contributed by atoms with E-state index in [1.54, 1.807) is 30.5 Å². The number of carbonyl (C=O) groups excluding carboxylic acids is 1. The second-order valence-corrected chi connectivity index (χ2v) is 9.17. The predicted molar refractivity (Wildman–Crippen MR) is 147 cm³/mol. The first-order chi connectivity index (χ1) is 19.0. The summed E-state index contributed by atoms with van der Waals surface area (Å²) < 4.78 is 8.52. The van der Waals surface area contributed by atoms with Crippen LogP contribution < -0.4 is 11.0 Å². The van der Waals surface area contributed by atoms with Gasteiger partial charge in [-0.2, -0.15) is 0 Å². The smallest absolute Gasteiger partial charge is 0.341 e. The zero-order valence-corrected chi connectivity index (χ0v) is 21.3. The molecule has 0 aliphatic carbocycles. The number of phenols is 1. The van der Waals surface area contributed by atoms with Crippen LogP contribution in [0.15, 0.2) is 101 Å². The highest BCUT2D eigenvalue weighted by Gasteiger charge is 2.38. The monoisotopic (exact) mass is 519 g/mol. The van der Waals surface area contributed by atoms with Crippen molar-refractivity contribution in [1.82, 2.24) is 19.2 Å². The predicted octanol–water partition coefficient (Wildman–Crippen LogP) is 4.65. The van der Waals surface area contributed by atoms with Crippen LogP contribution in [0.3, 0.4) is 0 Å². The Morgan fingerprint density at radius 3 is 2.31 bits per heavy atom. The molecular formula is C30H25N5O4. The molecule has 0 saturated carbocycles. The first kappa shape index (κ1) is 24.2. The number of anilines is 1. The van der Waals surface area contributed by atoms with E-state index in [1.807, 2.05) is 60.7 Å². The van der Waals surface area contributed by atoms with Crippen molar-refractivity contribution in [2.24, 2.45) is 0 Å². The Morgan fingerprint density at radius 1 is 0.974 bits per heavy atom. The number of hydrogen-bond acceptors (Lipinski definition) is 7. The van der Waals surface area contributed by atoms with Gasteiger partial charge in [0.2, 0.25) is 0 Å². The van der Waals surface area contributed by atoms with E-state index in [2.05, 4.69) is 15.5 Å². The summed E-state index contributed by atoms with van der Waals surface area (Å²) in [6, 6.07) is 25.3. The third-order valence-electron chi connectivity index (χ3n) is 6.82. The number of nitrogens with zero attached hydrogens (tertiary/aromatic N) is 4. The Balaban J connectivity index is 1.75. The summed E-state index contributed by atoms with van der Waals surface area (Å²) in [6.45, 7) is 3.79. The number of esters is 1. The van der Waals surface area contributed by atoms with E-state index in [1.165, 1.54) is 16.5 Å². The lowest BCUT2D eigenvalue weighted by atomic mass is 9.82. The molecule has 0 spiro atoms. The minimum absolute atomic E-state index is 0.0969. The van der Waals surface area contributed by atoms with Gasteiger partial charge in [0.15, 0.2) is 11.5 Å². The van der Waals surface area contributed by atoms with Gasteiger partial charge in [0.25, 0.3) is 0 Å². The van der Waals surface area contributed by atoms with E-state index in [0.717, 1.165) is 5.56 Å². The second-order valence-electron chi connectivity index (χ2n) is 9.17. The van der Waals surface area contributed by atoms with Gasteiger partial charge in [0.05, 0.1) is 29.3 Å². The number of nitrogens with one attached hydrogen (secondary N) is 1. The number of allylic oxidation sites excluding steroid dienone is 1. The van der Waals surface area contributed by atoms with Crippen LogP contribution in [0.4, 0.5) is 5.82 Å². The van der Waals surface area contributed by atoms with E-state index in [-0.39, 0.29) is 18.0 Å². The summed E-state index contributed by atoms with van der Waals surface area (Å²) in [6.07, 6.45) is 0. The molecule has 9 heteroatoms. The second kappa shape index (κ2) is 9.60. The Kier molecular flexibility index (Phi) is 5.95. The Morgan fingerprint density at radius 2 is 1.64 bits per heavy atom. The SMILES string of the molecule is CCOC(=O)C1=C(C)Nc2c(c3nnc(-c4ccc(O)cc4)n3c(=O)n2-c2ccccc2)C1c1ccccc1. The van der Waals surface area contributed by atoms with Gasteiger partial charge in [0.1, 0.15) is 11.6 Å². The van der Waals surface area contributed by atoms with E-state index in [9.17, 15) is 14.7 Å². The van der Waals surface area contributed by atoms with Crippen molar-refractivity contribution in [2.75, 3.05) is 11.9 Å². The Bertz CT molecular complexity index is 1790. The molecule has 0 amide bonds. The van der Waals surface area contributed by atoms with Crippen LogP contribution in [-0.4, -0.2) is 36.8 Å². The van der Waals surface area contributed by atoms with Crippen LogP contribution in [0, 0.1) is 0 Å². The zero-order chi connectivity index (χ0) is 27.1. The van der Waals surface area contributed by atoms with Gasteiger partial charge in [-0.3, -0.25) is 0 Å². The quantitative estimate of drug-likeness (QED) is 0.325. The maximum atomic E-state index is 14.2. The Labute approximate surface area is 223 Å². The van der Waals surface area contributed by atoms with E-state index in [0.29, 0.717) is 45.4 Å². The molecule has 0 radical (unpaired) electrons. The number of rotatable bonds is 5. The molecule has 5 aromatic rings. The van der Waals surface area contributed by atoms with Crippen molar-refractivity contribution >= 4 is 17.4 Å². The molecule has 0 bridgehead atoms. The number of aromatic nitrogens is 4. The molecule has 194 valence electrons. The van der Waals surface area contributed by atoms with Gasteiger partial charge < -0.3 is 15.2 Å². The fourth-order valence-electron chi connectivity index (χ4n) is 5.13. The molecule has 9 nitrogen and oxygen atoms in total. The summed E-state index contributed by atoms with van der Waals surface area (Å²) >= 11 is 0. The summed E-state index contributed by atoms with van der Waals surface area (Å²) in [5.41, 5.74) is 3.67. The van der Waals surface area contributed by atoms with Crippen LogP contribution >= 0.6 is 0 Å². The van der Waals surface area contributed by atoms with Gasteiger partial charge in [-0.05, 0) is 55.8 Å². The summed E-state index contributed by atoms with van der Waals surface area (Å²) in [4.78, 5) is 27.6. The maximum absolute atomic E-state index is 14.2. The van der Waals surface area contributed by atoms with Crippen LogP contribution in [0.1, 0.15) is 30.9 Å². The van der Waals surface area contributed by atoms with E-state index >= 15 is 0 Å². The van der Waals surface area contributed by atoms with E-state index < -0.39 is 11.9 Å². The van der Waals surface area contributed by atoms with Crippen molar-refractivity contribution in [2.45, 2.75) is 19.8 Å². The average molecular weight is 520 g/mol. The van der Waals surface area contributed by atoms with Gasteiger partial charge in [0, 0.05) is 11.3 Å². The first-order valence-corrected chi connectivity index (χ1v) is 12.6. The molecule has 1 aliphatic rings. The van der Waals surface area contributed by atoms with Crippen LogP contribution in [0.2, 0.25) is 0 Å². The molecule has 1 atom stereocenters. The molecule has 0 fully saturated rings. The highest BCUT2D eigenvalue weighted by Crippen LogP contribution is 2.44. The average Bonchev–Trinajstić information content (AvgIpc) is 3.39. The maximum Gasteiger partial charge on any atom is 0.341 e. The normalized spacial score (nSPS) is 14.7. The van der Waals surface area contributed by atoms with Crippen molar-refractivity contribution in [3.63, 3.8) is 0 Å². The highest BCUT2D eigenvalue weighted by atomic mass is 16.5. The van der Waals surface area contributed by atoms with Crippen molar-refractivity contribution in [1.29, 1.82) is 0 Å². The topological polar surface area (TPSA) is 111 Å². The summed E-state index contributed by atoms with van der Waals surface area (Å²) in [7, 11) is 0. The minimum Gasteiger partial charge on any atom is -0.508 e. The number of ether oxygens (including phenoxy) is 1. The minimum atomic E-state index is -0.587. The molecule has 3 heterocycles. The van der Waals surface area contributed by atoms with Gasteiger partial charge in [-0.15, -0.1) is 10.2 Å². The third-order valence-corrected chi connectivity index (χ3v) is 6.82. The largest absolute Gasteiger partial charge is 0.508 e. The number of carbonyl (C=O) groups is 1. The lowest BCUT2D eigenvalue weighted by Crippen LogP contribution is -2.34. The molecule has 0 saturated heterocycles. The number of phenolic OH excluding ortho intramolecular Hbond substituents is 1. The van der Waals surface area contributed by atoms with Crippen molar-refractivity contribution in [3.8, 4) is 22.8 Å². The van der Waals surface area contributed by atoms with Gasteiger partial charge in [-0.25, -0.2) is 18.6 Å². The highest BCUT2D eigenvalue weighted by molar-refractivity contribution is 5.95. The number of fused-ring (bicyclic) bond motifs is 3. The number of hydrogen-bond donors (Lipinski definition) is 2. The van der Waals surface area contributed by atoms with Gasteiger partial charge in [-0.1, -0.05) is 48.5 Å². The van der Waals surface area contributed by atoms with Crippen LogP contribution in [0.25, 0.3) is 22.7 Å². The fourth-order valence-corrected chi connectivity index (χ4v) is 5.13. The van der Waals surface area contributed by atoms with Crippen molar-refractivity contribution in [3.05, 3.63) is 118 Å². The number of benzene rings is 3. The summed E-state index contributed by atoms with van der Waals surface area (Å²) in [5.74, 6) is -0.118. The van der Waals surface area contributed by atoms with Crippen LogP contribution in [-0.2, 0) is 9.53 Å². The lowest BCUT2D eigenvalue weighted by molar-refractivity contribution is -0.138. The lowest BCUT2D eigenvalue weighted by Gasteiger charge is -2.32. The molecule has 39 heavy (non-hydrogen) atoms. The fraction of sp³-hybridized carbons (Fsp3) is 0.133. The molecule has 1 aliphatic heterocycles. The summed E-state index contributed by atoms with van der Waals surface area (Å²) in [5, 5.41) is 22.1. The molecular weight excluding hydrogens is 494 g/mol. The zero-order valence-electron chi connectivity index (χ0n) is 21.3. The number of para-hydroxylation sites is 1. The standard InChI is InChI=1S/C30H25N5O4/c1-3-39-29(37)23-18(2)31-27-25(24(23)19-10-6-4-7-11-19)28-33-32-26(20-14-16-22(36)17-15-20)35(28)30(38)34(27)21-12-8-5-9-13-21/h4-17,24,31,36H,3H2,1-2H3. The molecule has 6 rings (SSSR count).